The number of hydrogen-bond donors (Lipinski definition) is 0. The summed E-state index contributed by atoms with van der Waals surface area (Å²) in [6.45, 7) is 2.39. The van der Waals surface area contributed by atoms with E-state index in [4.69, 9.17) is 9.47 Å². The zero-order valence-corrected chi connectivity index (χ0v) is 9.63. The van der Waals surface area contributed by atoms with E-state index in [1.54, 1.807) is 13.3 Å². The molecule has 0 aromatic carbocycles. The van der Waals surface area contributed by atoms with Crippen molar-refractivity contribution in [3.63, 3.8) is 0 Å². The van der Waals surface area contributed by atoms with Gasteiger partial charge in [-0.1, -0.05) is 0 Å². The van der Waals surface area contributed by atoms with Crippen molar-refractivity contribution < 1.29 is 9.47 Å². The van der Waals surface area contributed by atoms with Gasteiger partial charge in [0.25, 0.3) is 0 Å². The van der Waals surface area contributed by atoms with E-state index in [0.717, 1.165) is 25.9 Å². The van der Waals surface area contributed by atoms with Crippen molar-refractivity contribution in [1.29, 1.82) is 0 Å². The first-order valence-corrected chi connectivity index (χ1v) is 5.65. The molecule has 1 aromatic heterocycles. The number of hydrogen-bond acceptors (Lipinski definition) is 4. The number of aromatic nitrogens is 1. The Morgan fingerprint density at radius 1 is 1.56 bits per heavy atom. The van der Waals surface area contributed by atoms with Crippen LogP contribution in [-0.2, 0) is 9.47 Å². The van der Waals surface area contributed by atoms with Crippen LogP contribution >= 0.6 is 0 Å². The van der Waals surface area contributed by atoms with E-state index >= 15 is 0 Å². The smallest absolute Gasteiger partial charge is 0.146 e. The predicted molar refractivity (Wildman–Crippen MR) is 62.4 cm³/mol. The minimum atomic E-state index is 0.272. The van der Waals surface area contributed by atoms with Crippen LogP contribution < -0.4 is 4.90 Å². The lowest BCUT2D eigenvalue weighted by molar-refractivity contribution is -0.0743. The molecule has 0 saturated carbocycles. The maximum absolute atomic E-state index is 5.60. The van der Waals surface area contributed by atoms with Gasteiger partial charge >= 0.3 is 0 Å². The molecule has 1 aliphatic heterocycles. The number of ether oxygens (including phenoxy) is 2. The average Bonchev–Trinajstić information content (AvgIpc) is 2.38. The topological polar surface area (TPSA) is 34.6 Å². The molecule has 1 fully saturated rings. The van der Waals surface area contributed by atoms with Crippen LogP contribution in [0.3, 0.4) is 0 Å². The predicted octanol–water partition coefficient (Wildman–Crippen LogP) is 1.67. The summed E-state index contributed by atoms with van der Waals surface area (Å²) in [5.41, 5.74) is 1.17. The molecule has 0 bridgehead atoms. The Morgan fingerprint density at radius 3 is 3.25 bits per heavy atom. The molecular formula is C12H18N2O2. The second-order valence-corrected chi connectivity index (χ2v) is 3.99. The molecule has 0 spiro atoms. The highest BCUT2D eigenvalue weighted by Gasteiger charge is 2.20. The summed E-state index contributed by atoms with van der Waals surface area (Å²) < 4.78 is 10.5. The Bertz CT molecular complexity index is 305. The van der Waals surface area contributed by atoms with Crippen molar-refractivity contribution in [1.82, 2.24) is 4.98 Å². The zero-order valence-electron chi connectivity index (χ0n) is 9.63. The van der Waals surface area contributed by atoms with Gasteiger partial charge in [0.1, 0.15) is 6.79 Å². The highest BCUT2D eigenvalue weighted by molar-refractivity contribution is 5.44. The summed E-state index contributed by atoms with van der Waals surface area (Å²) in [5.74, 6) is 0. The molecule has 2 rings (SSSR count). The summed E-state index contributed by atoms with van der Waals surface area (Å²) >= 11 is 0. The lowest BCUT2D eigenvalue weighted by atomic mass is 10.1. The van der Waals surface area contributed by atoms with E-state index in [1.165, 1.54) is 5.69 Å². The third-order valence-electron chi connectivity index (χ3n) is 2.81. The van der Waals surface area contributed by atoms with Crippen molar-refractivity contribution in [2.24, 2.45) is 0 Å². The first kappa shape index (κ1) is 11.4. The van der Waals surface area contributed by atoms with Crippen LogP contribution in [-0.4, -0.2) is 38.1 Å². The molecule has 1 aliphatic rings. The van der Waals surface area contributed by atoms with Gasteiger partial charge in [0.2, 0.25) is 0 Å². The molecule has 16 heavy (non-hydrogen) atoms. The number of rotatable bonds is 4. The van der Waals surface area contributed by atoms with Gasteiger partial charge in [-0.3, -0.25) is 4.98 Å². The van der Waals surface area contributed by atoms with Crippen LogP contribution in [0.25, 0.3) is 0 Å². The summed E-state index contributed by atoms with van der Waals surface area (Å²) in [6, 6.07) is 4.06. The van der Waals surface area contributed by atoms with Crippen LogP contribution in [0.1, 0.15) is 12.8 Å². The number of anilines is 1. The lowest BCUT2D eigenvalue weighted by Gasteiger charge is -2.33. The second kappa shape index (κ2) is 5.82. The van der Waals surface area contributed by atoms with E-state index in [1.807, 2.05) is 12.3 Å². The van der Waals surface area contributed by atoms with Crippen LogP contribution in [0.2, 0.25) is 0 Å². The molecule has 0 unspecified atom stereocenters. The Balaban J connectivity index is 1.91. The molecule has 4 nitrogen and oxygen atoms in total. The summed E-state index contributed by atoms with van der Waals surface area (Å²) in [5, 5.41) is 0. The molecule has 1 saturated heterocycles. The van der Waals surface area contributed by atoms with Crippen molar-refractivity contribution in [3.05, 3.63) is 24.5 Å². The third-order valence-corrected chi connectivity index (χ3v) is 2.81. The summed E-state index contributed by atoms with van der Waals surface area (Å²) in [4.78, 5) is 6.46. The second-order valence-electron chi connectivity index (χ2n) is 3.99. The van der Waals surface area contributed by atoms with Crippen LogP contribution in [0, 0.1) is 0 Å². The van der Waals surface area contributed by atoms with Gasteiger partial charge in [-0.2, -0.15) is 0 Å². The van der Waals surface area contributed by atoms with Gasteiger partial charge in [-0.05, 0) is 25.0 Å². The van der Waals surface area contributed by atoms with Gasteiger partial charge < -0.3 is 14.4 Å². The number of piperidine rings is 1. The van der Waals surface area contributed by atoms with Crippen LogP contribution in [0.5, 0.6) is 0 Å². The standard InChI is InChI=1S/C12H18N2O2/c1-15-10-16-12-5-3-7-14(9-12)11-4-2-6-13-8-11/h2,4,6,8,12H,3,5,7,9-10H2,1H3/t12-/m0/s1. The van der Waals surface area contributed by atoms with Crippen LogP contribution in [0.4, 0.5) is 5.69 Å². The average molecular weight is 222 g/mol. The van der Waals surface area contributed by atoms with Crippen molar-refractivity contribution in [2.75, 3.05) is 31.9 Å². The number of methoxy groups -OCH3 is 1. The summed E-state index contributed by atoms with van der Waals surface area (Å²) in [7, 11) is 1.65. The molecular weight excluding hydrogens is 204 g/mol. The van der Waals surface area contributed by atoms with Crippen molar-refractivity contribution >= 4 is 5.69 Å². The fraction of sp³-hybridized carbons (Fsp3) is 0.583. The largest absolute Gasteiger partial charge is 0.368 e. The maximum Gasteiger partial charge on any atom is 0.146 e. The molecule has 0 radical (unpaired) electrons. The zero-order chi connectivity index (χ0) is 11.2. The Labute approximate surface area is 96.2 Å². The van der Waals surface area contributed by atoms with Crippen LogP contribution in [0.15, 0.2) is 24.5 Å². The maximum atomic E-state index is 5.60. The van der Waals surface area contributed by atoms with Crippen molar-refractivity contribution in [3.8, 4) is 0 Å². The van der Waals surface area contributed by atoms with E-state index in [2.05, 4.69) is 16.0 Å². The highest BCUT2D eigenvalue weighted by Crippen LogP contribution is 2.20. The number of pyridine rings is 1. The first-order chi connectivity index (χ1) is 7.90. The number of nitrogens with zero attached hydrogens (tertiary/aromatic N) is 2. The lowest BCUT2D eigenvalue weighted by Crippen LogP contribution is -2.40. The van der Waals surface area contributed by atoms with Crippen molar-refractivity contribution in [2.45, 2.75) is 18.9 Å². The first-order valence-electron chi connectivity index (χ1n) is 5.65. The Hall–Kier alpha value is -1.13. The molecule has 2 heterocycles. The quantitative estimate of drug-likeness (QED) is 0.726. The third kappa shape index (κ3) is 2.93. The normalized spacial score (nSPS) is 21.1. The Morgan fingerprint density at radius 2 is 2.50 bits per heavy atom. The SMILES string of the molecule is COCO[C@H]1CCCN(c2cccnc2)C1. The van der Waals surface area contributed by atoms with Gasteiger partial charge in [0, 0.05) is 26.4 Å². The molecule has 4 heteroatoms. The molecule has 0 aliphatic carbocycles. The van der Waals surface area contributed by atoms with Gasteiger partial charge in [-0.15, -0.1) is 0 Å². The Kier molecular flexibility index (Phi) is 4.13. The molecule has 0 N–H and O–H groups in total. The molecule has 1 aromatic rings. The van der Waals surface area contributed by atoms with E-state index in [-0.39, 0.29) is 6.10 Å². The minimum Gasteiger partial charge on any atom is -0.368 e. The molecule has 1 atom stereocenters. The van der Waals surface area contributed by atoms with Gasteiger partial charge in [0.05, 0.1) is 18.0 Å². The molecule has 88 valence electrons. The monoisotopic (exact) mass is 222 g/mol. The highest BCUT2D eigenvalue weighted by atomic mass is 16.7. The van der Waals surface area contributed by atoms with Gasteiger partial charge in [0.15, 0.2) is 0 Å². The fourth-order valence-corrected chi connectivity index (χ4v) is 2.01. The summed E-state index contributed by atoms with van der Waals surface area (Å²) in [6.07, 6.45) is 6.24. The van der Waals surface area contributed by atoms with Gasteiger partial charge in [-0.25, -0.2) is 0 Å². The molecule has 0 amide bonds. The fourth-order valence-electron chi connectivity index (χ4n) is 2.01. The van der Waals surface area contributed by atoms with E-state index in [0.29, 0.717) is 6.79 Å². The minimum absolute atomic E-state index is 0.272. The van der Waals surface area contributed by atoms with E-state index < -0.39 is 0 Å². The van der Waals surface area contributed by atoms with E-state index in [9.17, 15) is 0 Å².